The van der Waals surface area contributed by atoms with Gasteiger partial charge in [-0.2, -0.15) is 0 Å². The van der Waals surface area contributed by atoms with E-state index in [9.17, 15) is 0 Å². The number of alkyl halides is 1. The molecule has 1 aliphatic carbocycles. The lowest BCUT2D eigenvalue weighted by Crippen LogP contribution is -2.25. The Kier molecular flexibility index (Phi) is 3.99. The maximum absolute atomic E-state index is 5.93. The van der Waals surface area contributed by atoms with Crippen LogP contribution in [0.4, 0.5) is 0 Å². The van der Waals surface area contributed by atoms with Crippen molar-refractivity contribution in [2.75, 3.05) is 19.5 Å². The second-order valence-electron chi connectivity index (χ2n) is 5.82. The molecule has 0 bridgehead atoms. The van der Waals surface area contributed by atoms with Crippen molar-refractivity contribution in [2.45, 2.75) is 38.8 Å². The monoisotopic (exact) mass is 291 g/mol. The number of aryl methyl sites for hydroxylation is 2. The minimum atomic E-state index is 0.626. The third-order valence-electron chi connectivity index (χ3n) is 4.15. The fourth-order valence-electron chi connectivity index (χ4n) is 2.76. The summed E-state index contributed by atoms with van der Waals surface area (Å²) in [4.78, 5) is 7.21. The van der Waals surface area contributed by atoms with Crippen LogP contribution in [0.2, 0.25) is 0 Å². The molecule has 0 aliphatic heterocycles. The Labute approximate surface area is 125 Å². The Bertz CT molecular complexity index is 601. The van der Waals surface area contributed by atoms with Crippen LogP contribution in [-0.4, -0.2) is 40.0 Å². The summed E-state index contributed by atoms with van der Waals surface area (Å²) in [6, 6.07) is 7.28. The van der Waals surface area contributed by atoms with Gasteiger partial charge in [0.15, 0.2) is 0 Å². The molecule has 1 aliphatic rings. The van der Waals surface area contributed by atoms with Crippen molar-refractivity contribution in [1.82, 2.24) is 14.5 Å². The molecular weight excluding hydrogens is 270 g/mol. The molecule has 1 heterocycles. The van der Waals surface area contributed by atoms with Gasteiger partial charge in [0.05, 0.1) is 11.0 Å². The summed E-state index contributed by atoms with van der Waals surface area (Å²) in [6.07, 6.45) is 3.55. The average molecular weight is 292 g/mol. The lowest BCUT2D eigenvalue weighted by molar-refractivity contribution is 0.309. The summed E-state index contributed by atoms with van der Waals surface area (Å²) >= 11 is 5.93. The van der Waals surface area contributed by atoms with Crippen LogP contribution in [0.3, 0.4) is 0 Å². The van der Waals surface area contributed by atoms with Crippen molar-refractivity contribution in [3.63, 3.8) is 0 Å². The molecule has 20 heavy (non-hydrogen) atoms. The van der Waals surface area contributed by atoms with Crippen molar-refractivity contribution < 1.29 is 0 Å². The number of aromatic nitrogens is 2. The van der Waals surface area contributed by atoms with Gasteiger partial charge in [-0.05, 0) is 44.5 Å². The predicted molar refractivity (Wildman–Crippen MR) is 84.5 cm³/mol. The Morgan fingerprint density at radius 3 is 2.90 bits per heavy atom. The van der Waals surface area contributed by atoms with Crippen molar-refractivity contribution in [3.8, 4) is 0 Å². The largest absolute Gasteiger partial charge is 0.327 e. The van der Waals surface area contributed by atoms with Crippen molar-refractivity contribution in [2.24, 2.45) is 0 Å². The number of benzene rings is 1. The molecule has 4 heteroatoms. The molecule has 108 valence electrons. The fraction of sp³-hybridized carbons (Fsp3) is 0.562. The van der Waals surface area contributed by atoms with Crippen LogP contribution in [0.15, 0.2) is 18.2 Å². The molecule has 0 atom stereocenters. The van der Waals surface area contributed by atoms with Crippen LogP contribution in [0, 0.1) is 6.92 Å². The highest BCUT2D eigenvalue weighted by Crippen LogP contribution is 2.25. The minimum Gasteiger partial charge on any atom is -0.327 e. The summed E-state index contributed by atoms with van der Waals surface area (Å²) in [7, 11) is 2.23. The van der Waals surface area contributed by atoms with E-state index in [-0.39, 0.29) is 0 Å². The van der Waals surface area contributed by atoms with Gasteiger partial charge in [0.2, 0.25) is 0 Å². The van der Waals surface area contributed by atoms with E-state index in [1.54, 1.807) is 0 Å². The molecule has 1 aromatic heterocycles. The van der Waals surface area contributed by atoms with E-state index in [2.05, 4.69) is 41.6 Å². The summed E-state index contributed by atoms with van der Waals surface area (Å²) < 4.78 is 2.35. The molecule has 3 nitrogen and oxygen atoms in total. The topological polar surface area (TPSA) is 21.1 Å². The van der Waals surface area contributed by atoms with E-state index >= 15 is 0 Å². The zero-order chi connectivity index (χ0) is 14.1. The Morgan fingerprint density at radius 1 is 1.40 bits per heavy atom. The molecule has 0 spiro atoms. The Morgan fingerprint density at radius 2 is 2.20 bits per heavy atom. The molecule has 3 rings (SSSR count). The van der Waals surface area contributed by atoms with E-state index in [1.165, 1.54) is 23.9 Å². The van der Waals surface area contributed by atoms with E-state index in [4.69, 9.17) is 16.6 Å². The summed E-state index contributed by atoms with van der Waals surface area (Å²) in [6.45, 7) is 4.22. The number of rotatable bonds is 6. The molecule has 1 aromatic carbocycles. The van der Waals surface area contributed by atoms with E-state index in [0.717, 1.165) is 36.9 Å². The average Bonchev–Trinajstić information content (AvgIpc) is 3.21. The van der Waals surface area contributed by atoms with Crippen molar-refractivity contribution in [1.29, 1.82) is 0 Å². The highest BCUT2D eigenvalue weighted by Gasteiger charge is 2.25. The van der Waals surface area contributed by atoms with Gasteiger partial charge in [0, 0.05) is 31.4 Å². The molecular formula is C16H22ClN3. The number of halogens is 1. The standard InChI is InChI=1S/C16H22ClN3/c1-12-3-6-14-15(11-12)20(16(18-14)7-8-17)10-9-19(2)13-4-5-13/h3,6,11,13H,4-5,7-10H2,1-2H3. The highest BCUT2D eigenvalue weighted by molar-refractivity contribution is 6.17. The molecule has 2 aromatic rings. The molecule has 0 unspecified atom stereocenters. The van der Waals surface area contributed by atoms with Gasteiger partial charge in [0.1, 0.15) is 5.82 Å². The van der Waals surface area contributed by atoms with Crippen molar-refractivity contribution >= 4 is 22.6 Å². The predicted octanol–water partition coefficient (Wildman–Crippen LogP) is 3.22. The fourth-order valence-corrected chi connectivity index (χ4v) is 2.93. The van der Waals surface area contributed by atoms with Crippen LogP contribution in [0.1, 0.15) is 24.2 Å². The normalized spacial score (nSPS) is 15.4. The van der Waals surface area contributed by atoms with E-state index in [1.807, 2.05) is 0 Å². The highest BCUT2D eigenvalue weighted by atomic mass is 35.5. The molecule has 1 saturated carbocycles. The van der Waals surface area contributed by atoms with Gasteiger partial charge in [-0.25, -0.2) is 4.98 Å². The van der Waals surface area contributed by atoms with Crippen LogP contribution in [-0.2, 0) is 13.0 Å². The Hall–Kier alpha value is -1.06. The number of hydrogen-bond acceptors (Lipinski definition) is 2. The third-order valence-corrected chi connectivity index (χ3v) is 4.34. The van der Waals surface area contributed by atoms with Gasteiger partial charge in [-0.15, -0.1) is 11.6 Å². The first-order chi connectivity index (χ1) is 9.69. The molecule has 1 fully saturated rings. The second kappa shape index (κ2) is 5.74. The smallest absolute Gasteiger partial charge is 0.111 e. The number of imidazole rings is 1. The maximum atomic E-state index is 5.93. The zero-order valence-electron chi connectivity index (χ0n) is 12.3. The molecule has 0 N–H and O–H groups in total. The van der Waals surface area contributed by atoms with Crippen molar-refractivity contribution in [3.05, 3.63) is 29.6 Å². The van der Waals surface area contributed by atoms with Gasteiger partial charge in [-0.1, -0.05) is 6.07 Å². The van der Waals surface area contributed by atoms with Crippen LogP contribution in [0.5, 0.6) is 0 Å². The summed E-state index contributed by atoms with van der Waals surface area (Å²) in [5.41, 5.74) is 3.62. The summed E-state index contributed by atoms with van der Waals surface area (Å²) in [5.74, 6) is 1.74. The lowest BCUT2D eigenvalue weighted by Gasteiger charge is -2.17. The van der Waals surface area contributed by atoms with Gasteiger partial charge < -0.3 is 9.47 Å². The molecule has 0 radical (unpaired) electrons. The zero-order valence-corrected chi connectivity index (χ0v) is 13.0. The quantitative estimate of drug-likeness (QED) is 0.762. The first kappa shape index (κ1) is 13.9. The van der Waals surface area contributed by atoms with E-state index < -0.39 is 0 Å². The first-order valence-corrected chi connectivity index (χ1v) is 7.94. The van der Waals surface area contributed by atoms with Gasteiger partial charge >= 0.3 is 0 Å². The minimum absolute atomic E-state index is 0.626. The van der Waals surface area contributed by atoms with E-state index in [0.29, 0.717) is 5.88 Å². The Balaban J connectivity index is 1.88. The van der Waals surface area contributed by atoms with Crippen LogP contribution >= 0.6 is 11.6 Å². The summed E-state index contributed by atoms with van der Waals surface area (Å²) in [5, 5.41) is 0. The second-order valence-corrected chi connectivity index (χ2v) is 6.20. The number of hydrogen-bond donors (Lipinski definition) is 0. The van der Waals surface area contributed by atoms with Crippen LogP contribution < -0.4 is 0 Å². The molecule has 0 amide bonds. The van der Waals surface area contributed by atoms with Gasteiger partial charge in [0.25, 0.3) is 0 Å². The SMILES string of the molecule is Cc1ccc2nc(CCCl)n(CCN(C)C3CC3)c2c1. The number of fused-ring (bicyclic) bond motifs is 1. The lowest BCUT2D eigenvalue weighted by atomic mass is 10.2. The first-order valence-electron chi connectivity index (χ1n) is 7.41. The molecule has 0 saturated heterocycles. The number of nitrogens with zero attached hydrogens (tertiary/aromatic N) is 3. The third kappa shape index (κ3) is 2.84. The maximum Gasteiger partial charge on any atom is 0.111 e. The van der Waals surface area contributed by atoms with Gasteiger partial charge in [-0.3, -0.25) is 0 Å². The van der Waals surface area contributed by atoms with Crippen LogP contribution in [0.25, 0.3) is 11.0 Å². The number of likely N-dealkylation sites (N-methyl/N-ethyl adjacent to an activating group) is 1.